The number of piperidine rings is 1. The second kappa shape index (κ2) is 9.78. The van der Waals surface area contributed by atoms with Crippen LogP contribution in [0.2, 0.25) is 0 Å². The molecule has 3 heterocycles. The van der Waals surface area contributed by atoms with Crippen LogP contribution in [0.3, 0.4) is 0 Å². The molecule has 7 nitrogen and oxygen atoms in total. The van der Waals surface area contributed by atoms with E-state index in [1.165, 1.54) is 11.1 Å². The van der Waals surface area contributed by atoms with Crippen molar-refractivity contribution in [2.24, 2.45) is 5.92 Å². The Bertz CT molecular complexity index is 1350. The minimum absolute atomic E-state index is 0.00361. The first-order chi connectivity index (χ1) is 17.0. The Kier molecular flexibility index (Phi) is 6.40. The summed E-state index contributed by atoms with van der Waals surface area (Å²) in [6, 6.07) is 16.3. The number of anilines is 1. The van der Waals surface area contributed by atoms with Crippen molar-refractivity contribution in [1.29, 1.82) is 0 Å². The van der Waals surface area contributed by atoms with Gasteiger partial charge in [0.1, 0.15) is 11.3 Å². The summed E-state index contributed by atoms with van der Waals surface area (Å²) in [6.45, 7) is 6.25. The van der Waals surface area contributed by atoms with Crippen molar-refractivity contribution in [3.63, 3.8) is 0 Å². The first-order valence-corrected chi connectivity index (χ1v) is 12.1. The number of carbonyl (C=O) groups excluding carboxylic acids is 1. The Balaban J connectivity index is 1.27. The average molecular weight is 470 g/mol. The number of nitrogens with zero attached hydrogens (tertiary/aromatic N) is 4. The van der Waals surface area contributed by atoms with Crippen LogP contribution in [0.4, 0.5) is 5.82 Å². The van der Waals surface area contributed by atoms with E-state index in [4.69, 9.17) is 14.8 Å². The van der Waals surface area contributed by atoms with Gasteiger partial charge in [0.05, 0.1) is 12.8 Å². The molecule has 1 N–H and O–H groups in total. The number of rotatable bonds is 6. The molecule has 2 aromatic carbocycles. The van der Waals surface area contributed by atoms with Crippen LogP contribution in [0.5, 0.6) is 5.75 Å². The Labute approximate surface area is 205 Å². The van der Waals surface area contributed by atoms with Crippen molar-refractivity contribution in [1.82, 2.24) is 19.9 Å². The van der Waals surface area contributed by atoms with E-state index in [9.17, 15) is 4.79 Å². The van der Waals surface area contributed by atoms with Crippen LogP contribution >= 0.6 is 0 Å². The van der Waals surface area contributed by atoms with Gasteiger partial charge < -0.3 is 15.0 Å². The van der Waals surface area contributed by atoms with Crippen molar-refractivity contribution in [2.75, 3.05) is 25.1 Å². The van der Waals surface area contributed by atoms with Gasteiger partial charge in [0, 0.05) is 49.1 Å². The lowest BCUT2D eigenvalue weighted by molar-refractivity contribution is -0.125. The number of aromatic nitrogens is 3. The molecule has 1 fully saturated rings. The van der Waals surface area contributed by atoms with Crippen LogP contribution in [0.1, 0.15) is 29.5 Å². The number of amides is 1. The monoisotopic (exact) mass is 469 g/mol. The zero-order valence-corrected chi connectivity index (χ0v) is 20.5. The number of hydrogen-bond donors (Lipinski definition) is 1. The topological polar surface area (TPSA) is 71.8 Å². The van der Waals surface area contributed by atoms with Gasteiger partial charge in [-0.3, -0.25) is 4.79 Å². The third-order valence-corrected chi connectivity index (χ3v) is 6.85. The van der Waals surface area contributed by atoms with Crippen molar-refractivity contribution >= 4 is 17.2 Å². The molecule has 1 aliphatic rings. The van der Waals surface area contributed by atoms with Gasteiger partial charge in [-0.25, -0.2) is 9.50 Å². The molecule has 35 heavy (non-hydrogen) atoms. The number of ether oxygens (including phenoxy) is 1. The lowest BCUT2D eigenvalue weighted by Gasteiger charge is -2.32. The fourth-order valence-electron chi connectivity index (χ4n) is 4.82. The molecular formula is C28H31N5O2. The van der Waals surface area contributed by atoms with Gasteiger partial charge in [-0.15, -0.1) is 0 Å². The highest BCUT2D eigenvalue weighted by molar-refractivity contribution is 5.80. The maximum atomic E-state index is 12.8. The molecule has 1 saturated heterocycles. The zero-order valence-electron chi connectivity index (χ0n) is 20.5. The molecule has 4 aromatic rings. The van der Waals surface area contributed by atoms with Crippen LogP contribution in [0, 0.1) is 19.8 Å². The summed E-state index contributed by atoms with van der Waals surface area (Å²) >= 11 is 0. The molecule has 0 aliphatic carbocycles. The summed E-state index contributed by atoms with van der Waals surface area (Å²) in [6.07, 6.45) is 5.27. The summed E-state index contributed by atoms with van der Waals surface area (Å²) in [5.41, 5.74) is 6.48. The van der Waals surface area contributed by atoms with Crippen LogP contribution < -0.4 is 15.0 Å². The molecule has 0 bridgehead atoms. The Hall–Kier alpha value is -3.87. The fraction of sp³-hybridized carbons (Fsp3) is 0.321. The maximum Gasteiger partial charge on any atom is 0.223 e. The van der Waals surface area contributed by atoms with E-state index in [2.05, 4.69) is 48.3 Å². The predicted molar refractivity (Wildman–Crippen MR) is 138 cm³/mol. The summed E-state index contributed by atoms with van der Waals surface area (Å²) in [5, 5.41) is 7.92. The van der Waals surface area contributed by atoms with Gasteiger partial charge in [0.2, 0.25) is 5.91 Å². The van der Waals surface area contributed by atoms with Gasteiger partial charge in [-0.1, -0.05) is 35.9 Å². The predicted octanol–water partition coefficient (Wildman–Crippen LogP) is 4.55. The van der Waals surface area contributed by atoms with Crippen molar-refractivity contribution in [2.45, 2.75) is 33.2 Å². The van der Waals surface area contributed by atoms with E-state index in [0.717, 1.165) is 59.8 Å². The highest BCUT2D eigenvalue weighted by Gasteiger charge is 2.27. The van der Waals surface area contributed by atoms with E-state index in [-0.39, 0.29) is 11.8 Å². The molecular weight excluding hydrogens is 438 g/mol. The minimum atomic E-state index is -0.00361. The van der Waals surface area contributed by atoms with Gasteiger partial charge in [0.25, 0.3) is 0 Å². The SMILES string of the molecule is COc1ccccc1CNC(=O)C1CCN(c2nccn3nc(-c4cc(C)ccc4C)cc23)CC1. The number of para-hydroxylation sites is 1. The average Bonchev–Trinajstić information content (AvgIpc) is 3.33. The standard InChI is InChI=1S/C28H31N5O2/c1-19-8-9-20(2)23(16-19)24-17-25-27(29-12-15-33(25)31-24)32-13-10-21(11-14-32)28(34)30-18-22-6-4-5-7-26(22)35-3/h4-9,12,15-17,21H,10-11,13-14,18H2,1-3H3,(H,30,34). The van der Waals surface area contributed by atoms with Crippen LogP contribution in [0.25, 0.3) is 16.8 Å². The molecule has 5 rings (SSSR count). The lowest BCUT2D eigenvalue weighted by atomic mass is 9.95. The third kappa shape index (κ3) is 4.71. The number of aryl methyl sites for hydroxylation is 2. The van der Waals surface area contributed by atoms with Gasteiger partial charge >= 0.3 is 0 Å². The van der Waals surface area contributed by atoms with Crippen molar-refractivity contribution < 1.29 is 9.53 Å². The van der Waals surface area contributed by atoms with Gasteiger partial charge in [0.15, 0.2) is 5.82 Å². The number of carbonyl (C=O) groups is 1. The van der Waals surface area contributed by atoms with E-state index in [0.29, 0.717) is 6.54 Å². The first-order valence-electron chi connectivity index (χ1n) is 12.1. The molecule has 7 heteroatoms. The molecule has 180 valence electrons. The molecule has 2 aromatic heterocycles. The molecule has 0 radical (unpaired) electrons. The number of hydrogen-bond acceptors (Lipinski definition) is 5. The van der Waals surface area contributed by atoms with Crippen molar-refractivity contribution in [3.05, 3.63) is 77.6 Å². The molecule has 1 aliphatic heterocycles. The van der Waals surface area contributed by atoms with Gasteiger partial charge in [-0.2, -0.15) is 5.10 Å². The Morgan fingerprint density at radius 1 is 1.11 bits per heavy atom. The molecule has 0 saturated carbocycles. The first kappa shape index (κ1) is 22.9. The maximum absolute atomic E-state index is 12.8. The zero-order chi connectivity index (χ0) is 24.4. The lowest BCUT2D eigenvalue weighted by Crippen LogP contribution is -2.40. The molecule has 0 atom stereocenters. The summed E-state index contributed by atoms with van der Waals surface area (Å²) < 4.78 is 7.30. The van der Waals surface area contributed by atoms with E-state index in [1.54, 1.807) is 13.3 Å². The van der Waals surface area contributed by atoms with Crippen LogP contribution in [-0.2, 0) is 11.3 Å². The van der Waals surface area contributed by atoms with Crippen molar-refractivity contribution in [3.8, 4) is 17.0 Å². The number of fused-ring (bicyclic) bond motifs is 1. The number of methoxy groups -OCH3 is 1. The quantitative estimate of drug-likeness (QED) is 0.448. The molecule has 1 amide bonds. The minimum Gasteiger partial charge on any atom is -0.496 e. The van der Waals surface area contributed by atoms with E-state index >= 15 is 0 Å². The highest BCUT2D eigenvalue weighted by Crippen LogP contribution is 2.30. The Morgan fingerprint density at radius 3 is 2.71 bits per heavy atom. The summed E-state index contributed by atoms with van der Waals surface area (Å²) in [7, 11) is 1.65. The van der Waals surface area contributed by atoms with Crippen LogP contribution in [-0.4, -0.2) is 40.7 Å². The normalized spacial score (nSPS) is 14.3. The molecule has 0 unspecified atom stereocenters. The largest absolute Gasteiger partial charge is 0.496 e. The molecule has 0 spiro atoms. The van der Waals surface area contributed by atoms with Crippen LogP contribution in [0.15, 0.2) is 60.9 Å². The third-order valence-electron chi connectivity index (χ3n) is 6.85. The smallest absolute Gasteiger partial charge is 0.223 e. The highest BCUT2D eigenvalue weighted by atomic mass is 16.5. The second-order valence-corrected chi connectivity index (χ2v) is 9.22. The number of benzene rings is 2. The Morgan fingerprint density at radius 2 is 1.91 bits per heavy atom. The second-order valence-electron chi connectivity index (χ2n) is 9.22. The van der Waals surface area contributed by atoms with E-state index in [1.807, 2.05) is 35.0 Å². The van der Waals surface area contributed by atoms with Gasteiger partial charge in [-0.05, 0) is 50.5 Å². The fourth-order valence-corrected chi connectivity index (χ4v) is 4.82. The summed E-state index contributed by atoms with van der Waals surface area (Å²) in [5.74, 6) is 1.81. The van der Waals surface area contributed by atoms with E-state index < -0.39 is 0 Å². The number of nitrogens with one attached hydrogen (secondary N) is 1. The summed E-state index contributed by atoms with van der Waals surface area (Å²) in [4.78, 5) is 19.8.